The zero-order chi connectivity index (χ0) is 20.3. The predicted octanol–water partition coefficient (Wildman–Crippen LogP) is 2.36. The Morgan fingerprint density at radius 1 is 1.11 bits per heavy atom. The van der Waals surface area contributed by atoms with Gasteiger partial charge in [-0.05, 0) is 36.8 Å². The summed E-state index contributed by atoms with van der Waals surface area (Å²) in [6.45, 7) is 3.47. The molecule has 2 amide bonds. The molecule has 1 aliphatic rings. The molecular formula is C19H20ClN3O4S. The van der Waals surface area contributed by atoms with Gasteiger partial charge >= 0.3 is 0 Å². The average Bonchev–Trinajstić information content (AvgIpc) is 2.69. The minimum atomic E-state index is -3.97. The highest BCUT2D eigenvalue weighted by atomic mass is 35.5. The number of amides is 2. The summed E-state index contributed by atoms with van der Waals surface area (Å²) in [4.78, 5) is 26.6. The van der Waals surface area contributed by atoms with Crippen LogP contribution < -0.4 is 4.72 Å². The number of benzene rings is 2. The monoisotopic (exact) mass is 421 g/mol. The largest absolute Gasteiger partial charge is 0.342 e. The molecule has 3 rings (SSSR count). The van der Waals surface area contributed by atoms with E-state index in [1.165, 1.54) is 18.2 Å². The first-order valence-corrected chi connectivity index (χ1v) is 10.5. The Morgan fingerprint density at radius 2 is 1.79 bits per heavy atom. The highest BCUT2D eigenvalue weighted by molar-refractivity contribution is 7.92. The molecule has 148 valence electrons. The first-order chi connectivity index (χ1) is 13.3. The zero-order valence-electron chi connectivity index (χ0n) is 15.3. The molecule has 1 fully saturated rings. The lowest BCUT2D eigenvalue weighted by Crippen LogP contribution is -2.48. The van der Waals surface area contributed by atoms with E-state index in [0.29, 0.717) is 31.9 Å². The lowest BCUT2D eigenvalue weighted by atomic mass is 10.2. The summed E-state index contributed by atoms with van der Waals surface area (Å²) in [5.41, 5.74) is 1.44. The Balaban J connectivity index is 1.86. The molecule has 0 aliphatic carbocycles. The van der Waals surface area contributed by atoms with Crippen LogP contribution in [0.25, 0.3) is 0 Å². The Labute approximate surface area is 168 Å². The summed E-state index contributed by atoms with van der Waals surface area (Å²) in [5.74, 6) is -0.297. The van der Waals surface area contributed by atoms with Crippen LogP contribution in [0, 0.1) is 6.92 Å². The molecule has 0 atom stereocenters. The highest BCUT2D eigenvalue weighted by Gasteiger charge is 2.25. The quantitative estimate of drug-likeness (QED) is 0.751. The second-order valence-corrected chi connectivity index (χ2v) is 8.56. The summed E-state index contributed by atoms with van der Waals surface area (Å²) in [5, 5.41) is 0.0309. The van der Waals surface area contributed by atoms with Crippen LogP contribution in [0.5, 0.6) is 0 Å². The van der Waals surface area contributed by atoms with Crippen molar-refractivity contribution in [2.24, 2.45) is 0 Å². The minimum Gasteiger partial charge on any atom is -0.342 e. The summed E-state index contributed by atoms with van der Waals surface area (Å²) in [7, 11) is -3.97. The van der Waals surface area contributed by atoms with Crippen molar-refractivity contribution in [3.05, 3.63) is 58.6 Å². The van der Waals surface area contributed by atoms with E-state index in [2.05, 4.69) is 4.72 Å². The van der Waals surface area contributed by atoms with E-state index < -0.39 is 10.0 Å². The van der Waals surface area contributed by atoms with Crippen LogP contribution in [0.1, 0.15) is 15.9 Å². The second-order valence-electron chi connectivity index (χ2n) is 6.50. The summed E-state index contributed by atoms with van der Waals surface area (Å²) < 4.78 is 28.2. The molecule has 1 N–H and O–H groups in total. The van der Waals surface area contributed by atoms with E-state index >= 15 is 0 Å². The molecule has 0 spiro atoms. The number of para-hydroxylation sites is 1. The van der Waals surface area contributed by atoms with Gasteiger partial charge in [0.2, 0.25) is 6.41 Å². The van der Waals surface area contributed by atoms with Gasteiger partial charge in [-0.2, -0.15) is 0 Å². The van der Waals surface area contributed by atoms with Crippen molar-refractivity contribution in [1.82, 2.24) is 9.80 Å². The van der Waals surface area contributed by atoms with Crippen molar-refractivity contribution in [2.75, 3.05) is 30.9 Å². The van der Waals surface area contributed by atoms with E-state index in [4.69, 9.17) is 11.6 Å². The van der Waals surface area contributed by atoms with Gasteiger partial charge in [-0.3, -0.25) is 14.3 Å². The van der Waals surface area contributed by atoms with Crippen LogP contribution >= 0.6 is 11.6 Å². The lowest BCUT2D eigenvalue weighted by molar-refractivity contribution is -0.119. The first-order valence-electron chi connectivity index (χ1n) is 8.68. The van der Waals surface area contributed by atoms with Gasteiger partial charge in [-0.15, -0.1) is 0 Å². The molecule has 1 heterocycles. The van der Waals surface area contributed by atoms with Crippen molar-refractivity contribution in [3.63, 3.8) is 0 Å². The molecule has 0 unspecified atom stereocenters. The molecule has 0 aromatic heterocycles. The number of carbonyl (C=O) groups excluding carboxylic acids is 2. The topological polar surface area (TPSA) is 86.8 Å². The summed E-state index contributed by atoms with van der Waals surface area (Å²) >= 11 is 6.13. The number of nitrogens with zero attached hydrogens (tertiary/aromatic N) is 2. The third-order valence-corrected chi connectivity index (χ3v) is 6.45. The standard InChI is InChI=1S/C19H20ClN3O4S/c1-14-4-2-3-5-17(14)21-28(26,27)18-12-15(6-7-16(18)20)19(25)23-10-8-22(13-24)9-11-23/h2-7,12-13,21H,8-11H2,1H3. The SMILES string of the molecule is Cc1ccccc1NS(=O)(=O)c1cc(C(=O)N2CCN(C=O)CC2)ccc1Cl. The molecule has 2 aromatic carbocycles. The van der Waals surface area contributed by atoms with Crippen molar-refractivity contribution in [3.8, 4) is 0 Å². The van der Waals surface area contributed by atoms with Crippen LogP contribution in [-0.2, 0) is 14.8 Å². The molecule has 9 heteroatoms. The van der Waals surface area contributed by atoms with Crippen LogP contribution in [0.2, 0.25) is 5.02 Å². The number of rotatable bonds is 5. The number of hydrogen-bond donors (Lipinski definition) is 1. The Hall–Kier alpha value is -2.58. The number of nitrogens with one attached hydrogen (secondary N) is 1. The van der Waals surface area contributed by atoms with Crippen molar-refractivity contribution in [2.45, 2.75) is 11.8 Å². The Kier molecular flexibility index (Phi) is 5.90. The van der Waals surface area contributed by atoms with E-state index in [1.54, 1.807) is 34.9 Å². The molecule has 7 nitrogen and oxygen atoms in total. The molecule has 28 heavy (non-hydrogen) atoms. The molecular weight excluding hydrogens is 402 g/mol. The van der Waals surface area contributed by atoms with Crippen molar-refractivity contribution in [1.29, 1.82) is 0 Å². The van der Waals surface area contributed by atoms with Crippen LogP contribution in [-0.4, -0.2) is 56.7 Å². The lowest BCUT2D eigenvalue weighted by Gasteiger charge is -2.32. The molecule has 2 aromatic rings. The highest BCUT2D eigenvalue weighted by Crippen LogP contribution is 2.26. The fourth-order valence-electron chi connectivity index (χ4n) is 2.94. The van der Waals surface area contributed by atoms with Gasteiger partial charge in [0.25, 0.3) is 15.9 Å². The van der Waals surface area contributed by atoms with Crippen molar-refractivity contribution < 1.29 is 18.0 Å². The maximum atomic E-state index is 12.8. The van der Waals surface area contributed by atoms with E-state index in [-0.39, 0.29) is 21.4 Å². The summed E-state index contributed by atoms with van der Waals surface area (Å²) in [6.07, 6.45) is 0.756. The van der Waals surface area contributed by atoms with Gasteiger partial charge in [0.05, 0.1) is 10.7 Å². The Morgan fingerprint density at radius 3 is 2.43 bits per heavy atom. The van der Waals surface area contributed by atoms with Crippen LogP contribution in [0.3, 0.4) is 0 Å². The number of anilines is 1. The number of piperazine rings is 1. The number of hydrogen-bond acceptors (Lipinski definition) is 4. The molecule has 1 saturated heterocycles. The number of carbonyl (C=O) groups is 2. The maximum absolute atomic E-state index is 12.8. The molecule has 0 bridgehead atoms. The third kappa shape index (κ3) is 4.28. The summed E-state index contributed by atoms with van der Waals surface area (Å²) in [6, 6.07) is 11.2. The van der Waals surface area contributed by atoms with Crippen molar-refractivity contribution >= 4 is 39.6 Å². The average molecular weight is 422 g/mol. The van der Waals surface area contributed by atoms with E-state index in [0.717, 1.165) is 12.0 Å². The molecule has 0 saturated carbocycles. The minimum absolute atomic E-state index is 0.0309. The van der Waals surface area contributed by atoms with Crippen LogP contribution in [0.4, 0.5) is 5.69 Å². The maximum Gasteiger partial charge on any atom is 0.263 e. The predicted molar refractivity (Wildman–Crippen MR) is 107 cm³/mol. The van der Waals surface area contributed by atoms with Gasteiger partial charge < -0.3 is 9.80 Å². The van der Waals surface area contributed by atoms with Crippen LogP contribution in [0.15, 0.2) is 47.4 Å². The zero-order valence-corrected chi connectivity index (χ0v) is 16.8. The fraction of sp³-hybridized carbons (Fsp3) is 0.263. The van der Waals surface area contributed by atoms with Gasteiger partial charge in [0, 0.05) is 31.7 Å². The first kappa shape index (κ1) is 20.2. The van der Waals surface area contributed by atoms with Gasteiger partial charge in [0.1, 0.15) is 4.90 Å². The smallest absolute Gasteiger partial charge is 0.263 e. The third-order valence-electron chi connectivity index (χ3n) is 4.61. The second kappa shape index (κ2) is 8.20. The fourth-order valence-corrected chi connectivity index (χ4v) is 4.60. The Bertz CT molecular complexity index is 1000. The number of aryl methyl sites for hydroxylation is 1. The normalized spacial score (nSPS) is 14.6. The van der Waals surface area contributed by atoms with E-state index in [1.807, 2.05) is 6.07 Å². The van der Waals surface area contributed by atoms with E-state index in [9.17, 15) is 18.0 Å². The molecule has 0 radical (unpaired) electrons. The van der Waals surface area contributed by atoms with Gasteiger partial charge in [-0.1, -0.05) is 29.8 Å². The van der Waals surface area contributed by atoms with Gasteiger partial charge in [-0.25, -0.2) is 8.42 Å². The van der Waals surface area contributed by atoms with Gasteiger partial charge in [0.15, 0.2) is 0 Å². The number of sulfonamides is 1. The number of halogens is 1. The molecule has 1 aliphatic heterocycles.